The Morgan fingerprint density at radius 1 is 1.09 bits per heavy atom. The van der Waals surface area contributed by atoms with Crippen molar-refractivity contribution in [3.05, 3.63) is 57.5 Å². The predicted molar refractivity (Wildman–Crippen MR) is 139 cm³/mol. The summed E-state index contributed by atoms with van der Waals surface area (Å²) in [6, 6.07) is 7.39. The highest BCUT2D eigenvalue weighted by Crippen LogP contribution is 2.37. The van der Waals surface area contributed by atoms with E-state index < -0.39 is 5.92 Å². The van der Waals surface area contributed by atoms with Gasteiger partial charge in [-0.2, -0.15) is 0 Å². The first kappa shape index (κ1) is 25.7. The molecule has 0 amide bonds. The van der Waals surface area contributed by atoms with Gasteiger partial charge in [-0.25, -0.2) is 23.7 Å². The van der Waals surface area contributed by atoms with Crippen LogP contribution < -0.4 is 5.32 Å². The molecule has 0 bridgehead atoms. The molecule has 0 aliphatic carbocycles. The van der Waals surface area contributed by atoms with Crippen molar-refractivity contribution < 1.29 is 8.78 Å². The van der Waals surface area contributed by atoms with Crippen molar-refractivity contribution in [2.75, 3.05) is 18.4 Å². The summed E-state index contributed by atoms with van der Waals surface area (Å²) in [7, 11) is 0. The molecule has 8 heteroatoms. The fourth-order valence-electron chi connectivity index (χ4n) is 5.16. The summed E-state index contributed by atoms with van der Waals surface area (Å²) < 4.78 is 28.2. The normalized spacial score (nSPS) is 16.7. The zero-order valence-electron chi connectivity index (χ0n) is 21.3. The maximum atomic E-state index is 14.1. The number of rotatable bonds is 6. The Balaban J connectivity index is 1.69. The number of fused-ring (bicyclic) bond motifs is 1. The fourth-order valence-corrected chi connectivity index (χ4v) is 5.45. The second-order valence-electron chi connectivity index (χ2n) is 10.0. The first-order chi connectivity index (χ1) is 16.5. The number of hydrogen-bond donors (Lipinski definition) is 1. The monoisotopic (exact) mass is 501 g/mol. The van der Waals surface area contributed by atoms with Crippen LogP contribution in [0.3, 0.4) is 0 Å². The van der Waals surface area contributed by atoms with Gasteiger partial charge in [-0.15, -0.1) is 0 Å². The van der Waals surface area contributed by atoms with Crippen molar-refractivity contribution in [3.8, 4) is 0 Å². The van der Waals surface area contributed by atoms with Crippen LogP contribution in [-0.4, -0.2) is 39.0 Å². The summed E-state index contributed by atoms with van der Waals surface area (Å²) in [6.07, 6.45) is 2.04. The zero-order chi connectivity index (χ0) is 25.5. The summed E-state index contributed by atoms with van der Waals surface area (Å²) in [5.41, 5.74) is 2.97. The lowest BCUT2D eigenvalue weighted by molar-refractivity contribution is 0.0167. The number of hydrogen-bond acceptors (Lipinski definition) is 5. The van der Waals surface area contributed by atoms with Crippen molar-refractivity contribution in [3.63, 3.8) is 0 Å². The van der Waals surface area contributed by atoms with Gasteiger partial charge in [0.05, 0.1) is 11.4 Å². The van der Waals surface area contributed by atoms with Crippen LogP contribution in [0, 0.1) is 13.8 Å². The van der Waals surface area contributed by atoms with Gasteiger partial charge < -0.3 is 10.2 Å². The summed E-state index contributed by atoms with van der Waals surface area (Å²) in [6.45, 7) is 12.9. The second-order valence-corrected chi connectivity index (χ2v) is 10.4. The average Bonchev–Trinajstić information content (AvgIpc) is 2.78. The Labute approximate surface area is 211 Å². The molecule has 1 aliphatic rings. The standard InChI is InChI=1S/C27H34ClF2N5/c1-15(2)35-12-10-19(11-13-35)21-14-22-25(32-18(5)33-26(22)34-24(21)28)31-17(4)20-8-7-9-23(16(20)3)27(6,29)30/h7-9,14-15,17,19H,10-13H2,1-6H3,(H,31,32,33,34)/t17-/m1/s1. The lowest BCUT2D eigenvalue weighted by atomic mass is 9.89. The number of nitrogens with zero attached hydrogens (tertiary/aromatic N) is 4. The number of halogens is 3. The molecule has 1 fully saturated rings. The highest BCUT2D eigenvalue weighted by atomic mass is 35.5. The number of likely N-dealkylation sites (tertiary alicyclic amines) is 1. The minimum atomic E-state index is -2.90. The van der Waals surface area contributed by atoms with Gasteiger partial charge in [0.2, 0.25) is 0 Å². The second kappa shape index (κ2) is 9.94. The van der Waals surface area contributed by atoms with Crippen LogP contribution >= 0.6 is 11.6 Å². The van der Waals surface area contributed by atoms with E-state index in [2.05, 4.69) is 45.1 Å². The number of pyridine rings is 1. The Morgan fingerprint density at radius 2 is 1.77 bits per heavy atom. The molecule has 35 heavy (non-hydrogen) atoms. The molecule has 1 N–H and O–H groups in total. The van der Waals surface area contributed by atoms with Crippen LogP contribution in [0.5, 0.6) is 0 Å². The third kappa shape index (κ3) is 5.41. The van der Waals surface area contributed by atoms with Gasteiger partial charge in [0.15, 0.2) is 5.65 Å². The summed E-state index contributed by atoms with van der Waals surface area (Å²) in [5.74, 6) is -1.37. The van der Waals surface area contributed by atoms with Crippen molar-refractivity contribution in [2.45, 2.75) is 78.3 Å². The van der Waals surface area contributed by atoms with Gasteiger partial charge in [-0.05, 0) is 89.2 Å². The molecule has 0 unspecified atom stereocenters. The lowest BCUT2D eigenvalue weighted by Crippen LogP contribution is -2.37. The average molecular weight is 502 g/mol. The van der Waals surface area contributed by atoms with Gasteiger partial charge in [0.25, 0.3) is 5.92 Å². The third-order valence-corrected chi connectivity index (χ3v) is 7.45. The van der Waals surface area contributed by atoms with Gasteiger partial charge in [-0.3, -0.25) is 0 Å². The zero-order valence-corrected chi connectivity index (χ0v) is 22.0. The predicted octanol–water partition coefficient (Wildman–Crippen LogP) is 7.17. The van der Waals surface area contributed by atoms with Gasteiger partial charge in [-0.1, -0.05) is 29.8 Å². The Morgan fingerprint density at radius 3 is 2.40 bits per heavy atom. The summed E-state index contributed by atoms with van der Waals surface area (Å²) in [5, 5.41) is 4.73. The maximum Gasteiger partial charge on any atom is 0.270 e. The minimum Gasteiger partial charge on any atom is -0.363 e. The van der Waals surface area contributed by atoms with Crippen LogP contribution in [0.25, 0.3) is 11.0 Å². The molecule has 5 nitrogen and oxygen atoms in total. The summed E-state index contributed by atoms with van der Waals surface area (Å²) in [4.78, 5) is 16.3. The molecular formula is C27H34ClF2N5. The fraction of sp³-hybridized carbons (Fsp3) is 0.519. The molecule has 2 aromatic heterocycles. The van der Waals surface area contributed by atoms with Crippen LogP contribution in [0.1, 0.15) is 80.6 Å². The molecule has 3 aromatic rings. The molecule has 1 atom stereocenters. The van der Waals surface area contributed by atoms with Crippen LogP contribution in [0.15, 0.2) is 24.3 Å². The number of aryl methyl sites for hydroxylation is 1. The van der Waals surface area contributed by atoms with Crippen LogP contribution in [0.4, 0.5) is 14.6 Å². The van der Waals surface area contributed by atoms with Gasteiger partial charge >= 0.3 is 0 Å². The molecule has 4 rings (SSSR count). The number of piperidine rings is 1. The lowest BCUT2D eigenvalue weighted by Gasteiger charge is -2.35. The van der Waals surface area contributed by atoms with E-state index in [1.165, 1.54) is 6.07 Å². The van der Waals surface area contributed by atoms with E-state index >= 15 is 0 Å². The number of nitrogens with one attached hydrogen (secondary N) is 1. The van der Waals surface area contributed by atoms with E-state index in [0.717, 1.165) is 49.4 Å². The van der Waals surface area contributed by atoms with Crippen LogP contribution in [-0.2, 0) is 5.92 Å². The molecule has 188 valence electrons. The Kier molecular flexibility index (Phi) is 7.30. The van der Waals surface area contributed by atoms with E-state index in [9.17, 15) is 8.78 Å². The SMILES string of the molecule is Cc1nc(N[C@H](C)c2cccc(C(C)(F)F)c2C)c2cc(C3CCN(C(C)C)CC3)c(Cl)nc2n1. The van der Waals surface area contributed by atoms with Gasteiger partial charge in [0.1, 0.15) is 16.8 Å². The van der Waals surface area contributed by atoms with Crippen LogP contribution in [0.2, 0.25) is 5.15 Å². The van der Waals surface area contributed by atoms with Crippen molar-refractivity contribution in [1.29, 1.82) is 0 Å². The molecule has 1 aliphatic heterocycles. The molecule has 3 heterocycles. The van der Waals surface area contributed by atoms with Gasteiger partial charge in [0, 0.05) is 18.5 Å². The Hall–Kier alpha value is -2.38. The van der Waals surface area contributed by atoms with Crippen molar-refractivity contribution in [1.82, 2.24) is 19.9 Å². The number of benzene rings is 1. The summed E-state index contributed by atoms with van der Waals surface area (Å²) >= 11 is 6.65. The molecule has 0 spiro atoms. The van der Waals surface area contributed by atoms with Crippen molar-refractivity contribution >= 4 is 28.5 Å². The highest BCUT2D eigenvalue weighted by Gasteiger charge is 2.29. The van der Waals surface area contributed by atoms with E-state index in [4.69, 9.17) is 11.6 Å². The third-order valence-electron chi connectivity index (χ3n) is 7.15. The molecule has 0 radical (unpaired) electrons. The first-order valence-electron chi connectivity index (χ1n) is 12.3. The van der Waals surface area contributed by atoms with Crippen molar-refractivity contribution in [2.24, 2.45) is 0 Å². The highest BCUT2D eigenvalue weighted by molar-refractivity contribution is 6.30. The molecule has 1 saturated heterocycles. The van der Waals surface area contributed by atoms with E-state index in [-0.39, 0.29) is 11.6 Å². The quantitative estimate of drug-likeness (QED) is 0.363. The number of anilines is 1. The molecular weight excluding hydrogens is 468 g/mol. The Bertz CT molecular complexity index is 1220. The number of aromatic nitrogens is 3. The van der Waals surface area contributed by atoms with E-state index in [0.29, 0.717) is 40.0 Å². The van der Waals surface area contributed by atoms with E-state index in [1.807, 2.05) is 19.9 Å². The smallest absolute Gasteiger partial charge is 0.270 e. The molecule has 1 aromatic carbocycles. The largest absolute Gasteiger partial charge is 0.363 e. The topological polar surface area (TPSA) is 53.9 Å². The van der Waals surface area contributed by atoms with E-state index in [1.54, 1.807) is 13.0 Å². The minimum absolute atomic E-state index is 0.0378. The molecule has 0 saturated carbocycles. The first-order valence-corrected chi connectivity index (χ1v) is 12.7. The number of alkyl halides is 2. The maximum absolute atomic E-state index is 14.1.